The van der Waals surface area contributed by atoms with Crippen molar-refractivity contribution in [3.8, 4) is 0 Å². The van der Waals surface area contributed by atoms with Crippen LogP contribution in [0.5, 0.6) is 0 Å². The van der Waals surface area contributed by atoms with E-state index < -0.39 is 0 Å². The smallest absolute Gasteiger partial charge is 0.154 e. The molecule has 2 heterocycles. The number of hydrogen-bond donors (Lipinski definition) is 1. The van der Waals surface area contributed by atoms with Crippen molar-refractivity contribution in [3.05, 3.63) is 30.1 Å². The van der Waals surface area contributed by atoms with Crippen molar-refractivity contribution in [1.82, 2.24) is 14.6 Å². The molecule has 1 aliphatic carbocycles. The minimum atomic E-state index is 0.575. The summed E-state index contributed by atoms with van der Waals surface area (Å²) in [4.78, 5) is 4.43. The molecule has 0 amide bonds. The molecule has 3 rings (SSSR count). The number of fused-ring (bicyclic) bond motifs is 1. The van der Waals surface area contributed by atoms with Crippen LogP contribution < -0.4 is 5.32 Å². The number of unbranched alkanes of at least 4 members (excludes halogenated alkanes) is 2. The van der Waals surface area contributed by atoms with Gasteiger partial charge < -0.3 is 5.32 Å². The summed E-state index contributed by atoms with van der Waals surface area (Å²) in [5.74, 6) is 0.959. The molecule has 118 valence electrons. The highest BCUT2D eigenvalue weighted by Crippen LogP contribution is 2.21. The van der Waals surface area contributed by atoms with E-state index in [1.54, 1.807) is 0 Å². The lowest BCUT2D eigenvalue weighted by Gasteiger charge is -2.23. The van der Waals surface area contributed by atoms with Crippen molar-refractivity contribution in [2.24, 2.45) is 0 Å². The monoisotopic (exact) mass is 298 g/mol. The van der Waals surface area contributed by atoms with Crippen molar-refractivity contribution < 1.29 is 0 Å². The van der Waals surface area contributed by atoms with Crippen LogP contribution in [0.15, 0.2) is 24.4 Å². The second-order valence-corrected chi connectivity index (χ2v) is 6.20. The minimum Gasteiger partial charge on any atom is -0.366 e. The van der Waals surface area contributed by atoms with E-state index >= 15 is 0 Å². The van der Waals surface area contributed by atoms with E-state index in [9.17, 15) is 0 Å². The molecule has 0 unspecified atom stereocenters. The van der Waals surface area contributed by atoms with Crippen molar-refractivity contribution >= 4 is 17.5 Å². The number of allylic oxidation sites excluding steroid dienone is 1. The molecule has 1 aliphatic rings. The van der Waals surface area contributed by atoms with Gasteiger partial charge in [-0.25, -0.2) is 9.50 Å². The van der Waals surface area contributed by atoms with Crippen LogP contribution in [0, 0.1) is 0 Å². The zero-order chi connectivity index (χ0) is 15.2. The molecule has 2 aromatic rings. The van der Waals surface area contributed by atoms with Crippen LogP contribution in [-0.4, -0.2) is 20.6 Å². The molecule has 0 atom stereocenters. The fraction of sp³-hybridized carbons (Fsp3) is 0.556. The molecule has 1 saturated carbocycles. The molecule has 1 fully saturated rings. The molecule has 0 bridgehead atoms. The third kappa shape index (κ3) is 3.67. The number of nitrogens with zero attached hydrogens (tertiary/aromatic N) is 3. The van der Waals surface area contributed by atoms with Crippen LogP contribution in [0.4, 0.5) is 5.82 Å². The standard InChI is InChI=1S/C18H26N4/c1-2-3-4-8-11-16-14-19-18-13-12-17(21-22(16)18)20-15-9-6-5-7-10-15/h8,11-15H,2-7,9-10H2,1H3,(H,20,21)/b11-8+. The molecular weight excluding hydrogens is 272 g/mol. The van der Waals surface area contributed by atoms with Crippen LogP contribution >= 0.6 is 0 Å². The Bertz CT molecular complexity index is 623. The topological polar surface area (TPSA) is 42.2 Å². The van der Waals surface area contributed by atoms with Gasteiger partial charge in [0.25, 0.3) is 0 Å². The summed E-state index contributed by atoms with van der Waals surface area (Å²) in [6, 6.07) is 4.66. The Hall–Kier alpha value is -1.84. The van der Waals surface area contributed by atoms with Gasteiger partial charge in [0.15, 0.2) is 5.65 Å². The molecule has 2 aromatic heterocycles. The summed E-state index contributed by atoms with van der Waals surface area (Å²) < 4.78 is 1.94. The highest BCUT2D eigenvalue weighted by Gasteiger charge is 2.14. The van der Waals surface area contributed by atoms with Gasteiger partial charge in [-0.2, -0.15) is 0 Å². The maximum absolute atomic E-state index is 4.72. The van der Waals surface area contributed by atoms with E-state index in [0.717, 1.165) is 23.6 Å². The summed E-state index contributed by atoms with van der Waals surface area (Å²) in [6.45, 7) is 2.22. The summed E-state index contributed by atoms with van der Waals surface area (Å²) >= 11 is 0. The van der Waals surface area contributed by atoms with E-state index in [1.807, 2.05) is 22.8 Å². The van der Waals surface area contributed by atoms with Gasteiger partial charge in [-0.05, 0) is 37.5 Å². The quantitative estimate of drug-likeness (QED) is 0.787. The van der Waals surface area contributed by atoms with E-state index in [-0.39, 0.29) is 0 Å². The number of nitrogens with one attached hydrogen (secondary N) is 1. The predicted molar refractivity (Wildman–Crippen MR) is 92.0 cm³/mol. The number of hydrogen-bond acceptors (Lipinski definition) is 3. The molecule has 0 aliphatic heterocycles. The van der Waals surface area contributed by atoms with Crippen molar-refractivity contribution in [1.29, 1.82) is 0 Å². The molecule has 0 saturated heterocycles. The van der Waals surface area contributed by atoms with Crippen LogP contribution in [0.3, 0.4) is 0 Å². The predicted octanol–water partition coefficient (Wildman–Crippen LogP) is 4.68. The Morgan fingerprint density at radius 3 is 2.95 bits per heavy atom. The lowest BCUT2D eigenvalue weighted by molar-refractivity contribution is 0.461. The second-order valence-electron chi connectivity index (χ2n) is 6.20. The first-order chi connectivity index (χ1) is 10.9. The van der Waals surface area contributed by atoms with E-state index in [0.29, 0.717) is 6.04 Å². The minimum absolute atomic E-state index is 0.575. The van der Waals surface area contributed by atoms with Gasteiger partial charge in [0, 0.05) is 6.04 Å². The van der Waals surface area contributed by atoms with Gasteiger partial charge in [0.05, 0.1) is 11.9 Å². The number of anilines is 1. The van der Waals surface area contributed by atoms with Gasteiger partial charge in [0.2, 0.25) is 0 Å². The molecule has 0 spiro atoms. The fourth-order valence-electron chi connectivity index (χ4n) is 3.06. The largest absolute Gasteiger partial charge is 0.366 e. The Morgan fingerprint density at radius 1 is 1.27 bits per heavy atom. The number of imidazole rings is 1. The van der Waals surface area contributed by atoms with Gasteiger partial charge >= 0.3 is 0 Å². The average molecular weight is 298 g/mol. The summed E-state index contributed by atoms with van der Waals surface area (Å²) in [6.07, 6.45) is 16.4. The normalized spacial score (nSPS) is 16.6. The van der Waals surface area contributed by atoms with E-state index in [1.165, 1.54) is 44.9 Å². The van der Waals surface area contributed by atoms with Crippen LogP contribution in [0.25, 0.3) is 11.7 Å². The Kier molecular flexibility index (Phi) is 5.09. The second kappa shape index (κ2) is 7.43. The maximum atomic E-state index is 4.72. The van der Waals surface area contributed by atoms with E-state index in [4.69, 9.17) is 5.10 Å². The van der Waals surface area contributed by atoms with Crippen LogP contribution in [0.1, 0.15) is 64.0 Å². The first-order valence-corrected chi connectivity index (χ1v) is 8.64. The molecular formula is C18H26N4. The third-order valence-electron chi connectivity index (χ3n) is 4.36. The fourth-order valence-corrected chi connectivity index (χ4v) is 3.06. The van der Waals surface area contributed by atoms with Gasteiger partial charge in [-0.3, -0.25) is 0 Å². The van der Waals surface area contributed by atoms with Crippen LogP contribution in [-0.2, 0) is 0 Å². The van der Waals surface area contributed by atoms with Gasteiger partial charge in [-0.15, -0.1) is 5.10 Å². The summed E-state index contributed by atoms with van der Waals surface area (Å²) in [5.41, 5.74) is 1.96. The van der Waals surface area contributed by atoms with E-state index in [2.05, 4.69) is 29.4 Å². The summed E-state index contributed by atoms with van der Waals surface area (Å²) in [5, 5.41) is 8.30. The molecule has 4 nitrogen and oxygen atoms in total. The van der Waals surface area contributed by atoms with Crippen LogP contribution in [0.2, 0.25) is 0 Å². The first kappa shape index (κ1) is 15.1. The lowest BCUT2D eigenvalue weighted by Crippen LogP contribution is -2.23. The SMILES string of the molecule is CCCC/C=C/c1cnc2ccc(NC3CCCCC3)nn12. The Morgan fingerprint density at radius 2 is 2.14 bits per heavy atom. The van der Waals surface area contributed by atoms with Crippen molar-refractivity contribution in [2.45, 2.75) is 64.3 Å². The van der Waals surface area contributed by atoms with Crippen molar-refractivity contribution in [2.75, 3.05) is 5.32 Å². The highest BCUT2D eigenvalue weighted by atomic mass is 15.3. The molecule has 1 N–H and O–H groups in total. The number of aromatic nitrogens is 3. The van der Waals surface area contributed by atoms with Crippen molar-refractivity contribution in [3.63, 3.8) is 0 Å². The molecule has 0 radical (unpaired) electrons. The highest BCUT2D eigenvalue weighted by molar-refractivity contribution is 5.53. The third-order valence-corrected chi connectivity index (χ3v) is 4.36. The molecule has 22 heavy (non-hydrogen) atoms. The zero-order valence-corrected chi connectivity index (χ0v) is 13.5. The first-order valence-electron chi connectivity index (χ1n) is 8.64. The molecule has 0 aromatic carbocycles. The maximum Gasteiger partial charge on any atom is 0.154 e. The Balaban J connectivity index is 1.74. The number of rotatable bonds is 6. The Labute approximate surface area is 132 Å². The average Bonchev–Trinajstić information content (AvgIpc) is 2.95. The summed E-state index contributed by atoms with van der Waals surface area (Å²) in [7, 11) is 0. The zero-order valence-electron chi connectivity index (χ0n) is 13.5. The van der Waals surface area contributed by atoms with Gasteiger partial charge in [-0.1, -0.05) is 45.1 Å². The lowest BCUT2D eigenvalue weighted by atomic mass is 9.95. The van der Waals surface area contributed by atoms with Gasteiger partial charge in [0.1, 0.15) is 5.82 Å². The molecule has 4 heteroatoms.